The summed E-state index contributed by atoms with van der Waals surface area (Å²) in [5.74, 6) is -2.50. The van der Waals surface area contributed by atoms with Crippen LogP contribution < -0.4 is 9.64 Å². The van der Waals surface area contributed by atoms with Crippen molar-refractivity contribution in [3.63, 3.8) is 0 Å². The summed E-state index contributed by atoms with van der Waals surface area (Å²) in [6, 6.07) is 8.76. The molecule has 5 rings (SSSR count). The summed E-state index contributed by atoms with van der Waals surface area (Å²) < 4.78 is 39.4. The molecule has 0 saturated carbocycles. The number of methoxy groups -OCH3 is 1. The Kier molecular flexibility index (Phi) is 9.49. The van der Waals surface area contributed by atoms with E-state index in [1.54, 1.807) is 0 Å². The lowest BCUT2D eigenvalue weighted by molar-refractivity contribution is -0.160. The van der Waals surface area contributed by atoms with Gasteiger partial charge < -0.3 is 19.5 Å². The average molecular weight is 636 g/mol. The molecule has 2 aromatic carbocycles. The topological polar surface area (TPSA) is 75.1 Å². The highest BCUT2D eigenvalue weighted by Crippen LogP contribution is 2.45. The first-order valence-electron chi connectivity index (χ1n) is 16.1. The fraction of sp³-hybridized carbons (Fsp3) is 0.514. The number of ether oxygens (including phenoxy) is 2. The number of aryl methyl sites for hydroxylation is 2. The number of hydrogen-bond donors (Lipinski definition) is 1. The Labute approximate surface area is 271 Å². The first-order chi connectivity index (χ1) is 21.6. The van der Waals surface area contributed by atoms with Gasteiger partial charge in [-0.05, 0) is 82.1 Å². The van der Waals surface area contributed by atoms with Crippen LogP contribution in [0.5, 0.6) is 5.75 Å². The molecule has 1 N–H and O–H groups in total. The van der Waals surface area contributed by atoms with E-state index in [1.165, 1.54) is 18.7 Å². The van der Waals surface area contributed by atoms with Gasteiger partial charge >= 0.3 is 5.97 Å². The molecule has 9 heteroatoms. The Balaban J connectivity index is 1.55. The van der Waals surface area contributed by atoms with Gasteiger partial charge in [0.15, 0.2) is 17.7 Å². The Morgan fingerprint density at radius 3 is 2.33 bits per heavy atom. The predicted molar refractivity (Wildman–Crippen MR) is 176 cm³/mol. The number of carboxylic acid groups (broad SMARTS) is 1. The highest BCUT2D eigenvalue weighted by atomic mass is 19.2. The number of benzene rings is 2. The normalized spacial score (nSPS) is 17.5. The maximum Gasteiger partial charge on any atom is 0.337 e. The molecule has 7 nitrogen and oxygen atoms in total. The van der Waals surface area contributed by atoms with Gasteiger partial charge in [-0.3, -0.25) is 9.88 Å². The van der Waals surface area contributed by atoms with Crippen molar-refractivity contribution >= 4 is 11.7 Å². The zero-order chi connectivity index (χ0) is 33.6. The minimum absolute atomic E-state index is 0.212. The van der Waals surface area contributed by atoms with E-state index in [4.69, 9.17) is 14.5 Å². The summed E-state index contributed by atoms with van der Waals surface area (Å²) in [6.45, 7) is 17.5. The van der Waals surface area contributed by atoms with E-state index in [1.807, 2.05) is 34.6 Å². The molecule has 0 unspecified atom stereocenters. The number of hydrogen-bond acceptors (Lipinski definition) is 6. The number of carbonyl (C=O) groups is 1. The largest absolute Gasteiger partial charge is 0.496 e. The standard InChI is InChI=1S/C37H47F2N3O4/c1-22-31(25-9-10-26-20-41(14-11-24(26)17-25)21-27-18-28(38)29(39)19-30(27)45-8)33(42-15-12-37(6,7)13-16-42)32(23(2)40-22)34(35(43)44)46-36(3,4)5/h9-10,17-19,34H,11-16,20-21H2,1-8H3,(H,43,44)/t34-/m0/s1. The molecule has 248 valence electrons. The van der Waals surface area contributed by atoms with E-state index in [0.717, 1.165) is 73.0 Å². The molecule has 0 aliphatic carbocycles. The highest BCUT2D eigenvalue weighted by Gasteiger charge is 2.36. The van der Waals surface area contributed by atoms with Crippen molar-refractivity contribution in [3.05, 3.63) is 75.6 Å². The molecular formula is C37H47F2N3O4. The van der Waals surface area contributed by atoms with Crippen LogP contribution in [-0.4, -0.2) is 53.3 Å². The number of rotatable bonds is 8. The number of pyridine rings is 1. The molecule has 1 aromatic heterocycles. The van der Waals surface area contributed by atoms with Crippen LogP contribution in [0.15, 0.2) is 30.3 Å². The molecule has 2 aliphatic rings. The van der Waals surface area contributed by atoms with Crippen LogP contribution in [0, 0.1) is 30.9 Å². The zero-order valence-electron chi connectivity index (χ0n) is 28.4. The second-order valence-electron chi connectivity index (χ2n) is 14.5. The summed E-state index contributed by atoms with van der Waals surface area (Å²) in [6.07, 6.45) is 1.59. The van der Waals surface area contributed by atoms with Crippen molar-refractivity contribution in [2.24, 2.45) is 5.41 Å². The summed E-state index contributed by atoms with van der Waals surface area (Å²) in [4.78, 5) is 22.3. The van der Waals surface area contributed by atoms with E-state index in [2.05, 4.69) is 41.8 Å². The molecule has 1 saturated heterocycles. The molecule has 3 heterocycles. The van der Waals surface area contributed by atoms with Gasteiger partial charge in [-0.15, -0.1) is 0 Å². The van der Waals surface area contributed by atoms with Crippen molar-refractivity contribution in [2.45, 2.75) is 92.5 Å². The zero-order valence-corrected chi connectivity index (χ0v) is 28.4. The number of piperidine rings is 1. The van der Waals surface area contributed by atoms with Gasteiger partial charge in [0, 0.05) is 66.9 Å². The Morgan fingerprint density at radius 1 is 1.02 bits per heavy atom. The van der Waals surface area contributed by atoms with Crippen molar-refractivity contribution < 1.29 is 28.2 Å². The minimum atomic E-state index is -1.17. The monoisotopic (exact) mass is 635 g/mol. The molecule has 0 radical (unpaired) electrons. The van der Waals surface area contributed by atoms with Crippen molar-refractivity contribution in [2.75, 3.05) is 31.6 Å². The summed E-state index contributed by atoms with van der Waals surface area (Å²) in [5, 5.41) is 10.5. The van der Waals surface area contributed by atoms with E-state index in [-0.39, 0.29) is 5.41 Å². The third kappa shape index (κ3) is 7.20. The van der Waals surface area contributed by atoms with E-state index in [0.29, 0.717) is 35.7 Å². The quantitative estimate of drug-likeness (QED) is 0.271. The van der Waals surface area contributed by atoms with Crippen LogP contribution in [0.4, 0.5) is 14.5 Å². The third-order valence-corrected chi connectivity index (χ3v) is 9.27. The van der Waals surface area contributed by atoms with Crippen molar-refractivity contribution in [3.8, 4) is 16.9 Å². The molecule has 3 aromatic rings. The van der Waals surface area contributed by atoms with Crippen LogP contribution in [0.25, 0.3) is 11.1 Å². The predicted octanol–water partition coefficient (Wildman–Crippen LogP) is 7.78. The van der Waals surface area contributed by atoms with E-state index in [9.17, 15) is 18.7 Å². The van der Waals surface area contributed by atoms with E-state index < -0.39 is 29.3 Å². The van der Waals surface area contributed by atoms with Crippen molar-refractivity contribution in [1.82, 2.24) is 9.88 Å². The Bertz CT molecular complexity index is 1620. The number of aliphatic carboxylic acids is 1. The van der Waals surface area contributed by atoms with E-state index >= 15 is 0 Å². The van der Waals surface area contributed by atoms with Gasteiger partial charge in [0.25, 0.3) is 0 Å². The lowest BCUT2D eigenvalue weighted by Gasteiger charge is -2.41. The first-order valence-corrected chi connectivity index (χ1v) is 16.1. The highest BCUT2D eigenvalue weighted by molar-refractivity contribution is 5.88. The number of carboxylic acids is 1. The second kappa shape index (κ2) is 12.9. The molecule has 1 atom stereocenters. The maximum atomic E-state index is 14.1. The molecule has 2 aliphatic heterocycles. The summed E-state index contributed by atoms with van der Waals surface area (Å²) >= 11 is 0. The number of fused-ring (bicyclic) bond motifs is 1. The van der Waals surface area contributed by atoms with Gasteiger partial charge in [-0.1, -0.05) is 32.0 Å². The molecular weight excluding hydrogens is 588 g/mol. The number of aromatic nitrogens is 1. The van der Waals surface area contributed by atoms with Crippen molar-refractivity contribution in [1.29, 1.82) is 0 Å². The second-order valence-corrected chi connectivity index (χ2v) is 14.5. The van der Waals surface area contributed by atoms with Crippen LogP contribution >= 0.6 is 0 Å². The Morgan fingerprint density at radius 2 is 1.70 bits per heavy atom. The molecule has 1 fully saturated rings. The lowest BCUT2D eigenvalue weighted by atomic mass is 9.81. The molecule has 0 spiro atoms. The van der Waals surface area contributed by atoms with Crippen LogP contribution in [-0.2, 0) is 29.0 Å². The maximum absolute atomic E-state index is 14.1. The van der Waals surface area contributed by atoms with Gasteiger partial charge in [-0.25, -0.2) is 13.6 Å². The van der Waals surface area contributed by atoms with Gasteiger partial charge in [0.1, 0.15) is 5.75 Å². The lowest BCUT2D eigenvalue weighted by Crippen LogP contribution is -2.39. The SMILES string of the molecule is COc1cc(F)c(F)cc1CN1CCc2cc(-c3c(C)nc(C)c([C@H](OC(C)(C)C)C(=O)O)c3N3CCC(C)(C)CC3)ccc2C1. The first kappa shape index (κ1) is 33.8. The summed E-state index contributed by atoms with van der Waals surface area (Å²) in [5.41, 5.74) is 7.49. The van der Waals surface area contributed by atoms with Crippen LogP contribution in [0.2, 0.25) is 0 Å². The number of nitrogens with zero attached hydrogens (tertiary/aromatic N) is 3. The van der Waals surface area contributed by atoms with Crippen LogP contribution in [0.1, 0.15) is 87.2 Å². The average Bonchev–Trinajstić information content (AvgIpc) is 2.97. The molecule has 0 amide bonds. The van der Waals surface area contributed by atoms with Gasteiger partial charge in [0.05, 0.1) is 18.4 Å². The van der Waals surface area contributed by atoms with Crippen LogP contribution in [0.3, 0.4) is 0 Å². The van der Waals surface area contributed by atoms with Gasteiger partial charge in [0.2, 0.25) is 0 Å². The third-order valence-electron chi connectivity index (χ3n) is 9.27. The van der Waals surface area contributed by atoms with Gasteiger partial charge in [-0.2, -0.15) is 0 Å². The fourth-order valence-electron chi connectivity index (χ4n) is 6.78. The molecule has 46 heavy (non-hydrogen) atoms. The molecule has 0 bridgehead atoms. The number of anilines is 1. The minimum Gasteiger partial charge on any atom is -0.496 e. The number of halogens is 2. The fourth-order valence-corrected chi connectivity index (χ4v) is 6.78. The smallest absolute Gasteiger partial charge is 0.337 e. The summed E-state index contributed by atoms with van der Waals surface area (Å²) in [7, 11) is 1.46. The Hall–Kier alpha value is -3.56.